The Balaban J connectivity index is 0.000000132. The molecule has 12 heterocycles. The summed E-state index contributed by atoms with van der Waals surface area (Å²) in [6.07, 6.45) is 18.8. The van der Waals surface area contributed by atoms with Gasteiger partial charge >= 0.3 is 22.8 Å². The molecule has 0 amide bonds. The first-order chi connectivity index (χ1) is 70.0. The predicted octanol–water partition coefficient (Wildman–Crippen LogP) is 19.5. The summed E-state index contributed by atoms with van der Waals surface area (Å²) >= 11 is 0. The Labute approximate surface area is 837 Å². The molecule has 0 bridgehead atoms. The van der Waals surface area contributed by atoms with E-state index in [1.807, 2.05) is 253 Å². The molecule has 20 rings (SSSR count). The van der Waals surface area contributed by atoms with Crippen molar-refractivity contribution in [1.82, 2.24) is 74.3 Å². The van der Waals surface area contributed by atoms with Gasteiger partial charge < -0.3 is 48.8 Å². The molecule has 0 saturated heterocycles. The number of nitrogens with one attached hydrogen (secondary N) is 3. The van der Waals surface area contributed by atoms with E-state index in [0.717, 1.165) is 90.2 Å². The van der Waals surface area contributed by atoms with E-state index in [2.05, 4.69) is 154 Å². The summed E-state index contributed by atoms with van der Waals surface area (Å²) in [6, 6.07) is 89.0. The minimum Gasteiger partial charge on any atom is -0.508 e. The van der Waals surface area contributed by atoms with Crippen LogP contribution in [0.2, 0.25) is 0 Å². The van der Waals surface area contributed by atoms with Crippen LogP contribution < -0.4 is 65.8 Å². The first-order valence-electron chi connectivity index (χ1n) is 48.5. The second kappa shape index (κ2) is 43.6. The zero-order chi connectivity index (χ0) is 102. The second-order valence-corrected chi connectivity index (χ2v) is 38.1. The van der Waals surface area contributed by atoms with Crippen LogP contribution in [0.4, 0.5) is 46.0 Å². The average Bonchev–Trinajstić information content (AvgIpc) is 1.57. The number of pyridine rings is 3. The van der Waals surface area contributed by atoms with Gasteiger partial charge in [-0.05, 0) is 178 Å². The quantitative estimate of drug-likeness (QED) is 0.0331. The summed E-state index contributed by atoms with van der Waals surface area (Å²) in [6.45, 7) is 20.6. The number of rotatable bonds is 28. The van der Waals surface area contributed by atoms with Crippen molar-refractivity contribution >= 4 is 89.6 Å². The Kier molecular flexibility index (Phi) is 29.8. The van der Waals surface area contributed by atoms with Crippen LogP contribution >= 0.6 is 0 Å². The third-order valence-electron chi connectivity index (χ3n) is 25.4. The van der Waals surface area contributed by atoms with Crippen LogP contribution in [0.3, 0.4) is 0 Å². The van der Waals surface area contributed by atoms with Gasteiger partial charge in [-0.15, -0.1) is 0 Å². The number of hydrogen-bond donors (Lipinski definition) is 4. The Bertz CT molecular complexity index is 8490. The lowest BCUT2D eigenvalue weighted by Crippen LogP contribution is -2.38. The van der Waals surface area contributed by atoms with Crippen LogP contribution in [0, 0.1) is 23.7 Å². The molecule has 0 aliphatic carbocycles. The molecule has 29 heteroatoms. The summed E-state index contributed by atoms with van der Waals surface area (Å²) in [5, 5.41) is 22.1. The number of para-hydroxylation sites is 3. The van der Waals surface area contributed by atoms with Crippen LogP contribution in [0.15, 0.2) is 373 Å². The number of aromatic nitrogens is 16. The molecule has 0 spiro atoms. The minimum atomic E-state index is -0.350. The highest BCUT2D eigenvalue weighted by Gasteiger charge is 2.28. The molecule has 0 saturated carbocycles. The van der Waals surface area contributed by atoms with Gasteiger partial charge in [0.2, 0.25) is 0 Å². The van der Waals surface area contributed by atoms with Gasteiger partial charge in [0.25, 0.3) is 22.2 Å². The zero-order valence-electron chi connectivity index (χ0n) is 83.5. The summed E-state index contributed by atoms with van der Waals surface area (Å²) in [5.74, 6) is 3.86. The highest BCUT2D eigenvalue weighted by atomic mass is 16.3. The lowest BCUT2D eigenvalue weighted by atomic mass is 10.1. The van der Waals surface area contributed by atoms with E-state index >= 15 is 0 Å². The Morgan fingerprint density at radius 2 is 0.669 bits per heavy atom. The van der Waals surface area contributed by atoms with Gasteiger partial charge in [0, 0.05) is 189 Å². The maximum absolute atomic E-state index is 13.5. The lowest BCUT2D eigenvalue weighted by Gasteiger charge is -2.22. The summed E-state index contributed by atoms with van der Waals surface area (Å²) < 4.78 is 21.8. The second-order valence-electron chi connectivity index (χ2n) is 38.1. The molecule has 0 aliphatic rings. The smallest absolute Gasteiger partial charge is 0.331 e. The number of anilines is 8. The van der Waals surface area contributed by atoms with Gasteiger partial charge in [-0.3, -0.25) is 70.7 Å². The topological polar surface area (TPSA) is 299 Å². The monoisotopic (exact) mass is 1930 g/mol. The van der Waals surface area contributed by atoms with Crippen LogP contribution in [-0.4, -0.2) is 86.5 Å². The van der Waals surface area contributed by atoms with Crippen molar-refractivity contribution in [2.45, 2.75) is 108 Å². The van der Waals surface area contributed by atoms with E-state index < -0.39 is 0 Å². The Morgan fingerprint density at radius 3 is 1.10 bits per heavy atom. The summed E-state index contributed by atoms with van der Waals surface area (Å²) in [4.78, 5) is 121. The van der Waals surface area contributed by atoms with Crippen molar-refractivity contribution in [2.75, 3.05) is 27.9 Å². The summed E-state index contributed by atoms with van der Waals surface area (Å²) in [5.41, 5.74) is 14.9. The number of phenols is 1. The molecule has 8 aromatic carbocycles. The van der Waals surface area contributed by atoms with Crippen molar-refractivity contribution < 1.29 is 5.11 Å². The fraction of sp³-hybridized carbons (Fsp3) is 0.216. The fourth-order valence-corrected chi connectivity index (χ4v) is 18.2. The number of benzene rings is 8. The third kappa shape index (κ3) is 21.8. The van der Waals surface area contributed by atoms with E-state index in [0.29, 0.717) is 113 Å². The molecule has 0 unspecified atom stereocenters. The number of nitrogens with zero attached hydrogens (tertiary/aromatic N) is 17. The van der Waals surface area contributed by atoms with Crippen molar-refractivity contribution in [2.24, 2.45) is 51.9 Å². The maximum atomic E-state index is 13.5. The number of hydrogen-bond acceptors (Lipinski definition) is 16. The molecule has 145 heavy (non-hydrogen) atoms. The molecule has 29 nitrogen and oxygen atoms in total. The maximum Gasteiger partial charge on any atom is 0.331 e. The SMILES string of the molecule is CC(C)Cn1c(=O)n(C)c(=O)c2c(N(C)c3ccccc3)n(Cc3ccc(-c4ccccn4)cc3)cc21.CC(C)Cn1c(=O)n(C)c(=O)c2c(Nc3ccccc3)n(Cc3ccc(-c4ccncc4)cc3)cc21.CC(C)Cn1c(=O)n(C)c(=O)c2c(Nc3ccccc3)n(Cc3ccc(-n4cccc4)cc3)cc21.CC(C)Cn1c(=O)n(C)c(=O)c2cn(Cc3ccc(-c4ccccn4)cc3)c(Nc3ccc(O)cc3)c21. The van der Waals surface area contributed by atoms with Gasteiger partial charge in [0.05, 0.1) is 33.3 Å². The van der Waals surface area contributed by atoms with Crippen LogP contribution in [0.1, 0.15) is 77.6 Å². The van der Waals surface area contributed by atoms with Crippen LogP contribution in [-0.2, 0) is 80.5 Å². The van der Waals surface area contributed by atoms with Crippen molar-refractivity contribution in [3.8, 4) is 45.1 Å². The molecule has 0 fully saturated rings. The number of phenolic OH excluding ortho intramolecular Hbond substituents is 1. The van der Waals surface area contributed by atoms with E-state index in [1.54, 1.807) is 88.5 Å². The molecule has 0 atom stereocenters. The van der Waals surface area contributed by atoms with Crippen LogP contribution in [0.5, 0.6) is 5.75 Å². The Hall–Kier alpha value is -17.6. The first-order valence-corrected chi connectivity index (χ1v) is 48.5. The number of fused-ring (bicyclic) bond motifs is 4. The van der Waals surface area contributed by atoms with Crippen molar-refractivity contribution in [3.63, 3.8) is 0 Å². The zero-order valence-corrected chi connectivity index (χ0v) is 83.5. The minimum absolute atomic E-state index is 0.157. The van der Waals surface area contributed by atoms with Crippen molar-refractivity contribution in [1.29, 1.82) is 0 Å². The highest BCUT2D eigenvalue weighted by molar-refractivity contribution is 5.96. The van der Waals surface area contributed by atoms with Gasteiger partial charge in [0.15, 0.2) is 0 Å². The van der Waals surface area contributed by atoms with Gasteiger partial charge in [-0.25, -0.2) is 19.2 Å². The van der Waals surface area contributed by atoms with E-state index in [1.165, 1.54) is 25.3 Å². The molecule has 20 aromatic rings. The normalized spacial score (nSPS) is 11.4. The Morgan fingerprint density at radius 1 is 0.324 bits per heavy atom. The summed E-state index contributed by atoms with van der Waals surface area (Å²) in [7, 11) is 8.12. The molecule has 4 N–H and O–H groups in total. The van der Waals surface area contributed by atoms with Gasteiger partial charge in [-0.2, -0.15) is 0 Å². The lowest BCUT2D eigenvalue weighted by molar-refractivity contribution is 0.475. The molecular formula is C116H118N20O9. The van der Waals surface area contributed by atoms with Crippen molar-refractivity contribution in [3.05, 3.63) is 441 Å². The third-order valence-corrected chi connectivity index (χ3v) is 25.4. The van der Waals surface area contributed by atoms with E-state index in [9.17, 15) is 43.5 Å². The largest absolute Gasteiger partial charge is 0.508 e. The average molecular weight is 1940 g/mol. The fourth-order valence-electron chi connectivity index (χ4n) is 18.2. The molecular weight excluding hydrogens is 1820 g/mol. The first kappa shape index (κ1) is 99.0. The molecule has 736 valence electrons. The van der Waals surface area contributed by atoms with E-state index in [-0.39, 0.29) is 74.4 Å². The highest BCUT2D eigenvalue weighted by Crippen LogP contribution is 2.37. The van der Waals surface area contributed by atoms with E-state index in [4.69, 9.17) is 0 Å². The standard InChI is InChI=1S/C30H31N5O2.C29H29N5O3.C29H29N5O2.C28H29N5O2/c1-21(2)18-35-26-20-34(19-22-13-15-23(16-14-22)25-12-8-9-17-31-25)28(27(26)29(36)33(4)30(35)37)32(3)24-10-6-5-7-11-24;1-19(2)16-34-26-24(28(36)32(3)29(34)37)18-33(27(26)31-22-11-13-23(35)14-12-22)17-20-7-9-21(10-8-20)25-6-4-5-15-30-25;1-20(2)17-34-25-19-33(18-21-9-11-22(12-10-21)23-13-15-30-16-14-23)27(31-24-7-5-4-6-8-24)26(25)28(35)32(3)29(34)36;1-20(2)17-33-24-19-32(18-21-11-13-23(14-12-21)31-15-7-8-16-31)26(29-22-9-5-4-6-10-22)25(24)27(34)30(3)28(33)35/h5-17,20-21H,18-19H2,1-4H3;4-15,18-19,31,35H,16-17H2,1-3H3;4-16,19-20,31H,17-18H2,1-3H3;4-16,19-20,29H,17-18H2,1-3H3. The molecule has 12 aromatic heterocycles. The predicted molar refractivity (Wildman–Crippen MR) is 582 cm³/mol. The molecule has 0 radical (unpaired) electrons. The van der Waals surface area contributed by atoms with Gasteiger partial charge in [-0.1, -0.05) is 207 Å². The van der Waals surface area contributed by atoms with Crippen LogP contribution in [0.25, 0.3) is 82.9 Å². The molecule has 0 aliphatic heterocycles. The number of aromatic hydroxyl groups is 1. The van der Waals surface area contributed by atoms with Gasteiger partial charge in [0.1, 0.15) is 50.7 Å².